The van der Waals surface area contributed by atoms with Gasteiger partial charge in [0.05, 0.1) is 17.9 Å². The highest BCUT2D eigenvalue weighted by atomic mass is 79.9. The zero-order valence-corrected chi connectivity index (χ0v) is 11.8. The second-order valence-electron chi connectivity index (χ2n) is 3.80. The minimum absolute atomic E-state index is 0.208. The Balaban J connectivity index is 2.20. The van der Waals surface area contributed by atoms with Crippen LogP contribution in [0.3, 0.4) is 0 Å². The van der Waals surface area contributed by atoms with Crippen LogP contribution in [0.1, 0.15) is 17.3 Å². The first kappa shape index (κ1) is 13.5. The molecule has 1 aliphatic heterocycles. The van der Waals surface area contributed by atoms with Gasteiger partial charge >= 0.3 is 5.97 Å². The van der Waals surface area contributed by atoms with Gasteiger partial charge in [-0.15, -0.1) is 0 Å². The van der Waals surface area contributed by atoms with Crippen molar-refractivity contribution in [3.8, 4) is 0 Å². The van der Waals surface area contributed by atoms with Crippen molar-refractivity contribution in [1.82, 2.24) is 0 Å². The van der Waals surface area contributed by atoms with E-state index in [9.17, 15) is 9.59 Å². The number of anilines is 1. The molecule has 0 unspecified atom stereocenters. The van der Waals surface area contributed by atoms with Crippen molar-refractivity contribution in [1.29, 1.82) is 0 Å². The summed E-state index contributed by atoms with van der Waals surface area (Å²) in [5.74, 6) is -0.455. The van der Waals surface area contributed by atoms with Gasteiger partial charge in [-0.05, 0) is 31.2 Å². The summed E-state index contributed by atoms with van der Waals surface area (Å²) in [5, 5.41) is 5.14. The molecule has 6 nitrogen and oxygen atoms in total. The van der Waals surface area contributed by atoms with E-state index in [0.29, 0.717) is 17.9 Å². The van der Waals surface area contributed by atoms with Gasteiger partial charge in [0.1, 0.15) is 5.84 Å². The van der Waals surface area contributed by atoms with Gasteiger partial charge in [-0.25, -0.2) is 4.79 Å². The molecule has 0 saturated carbocycles. The van der Waals surface area contributed by atoms with Crippen molar-refractivity contribution in [2.24, 2.45) is 10.8 Å². The number of halogens is 1. The molecule has 100 valence electrons. The minimum Gasteiger partial charge on any atom is -0.462 e. The average molecular weight is 326 g/mol. The van der Waals surface area contributed by atoms with E-state index < -0.39 is 10.8 Å². The van der Waals surface area contributed by atoms with Crippen LogP contribution in [-0.4, -0.2) is 29.1 Å². The Morgan fingerprint density at radius 3 is 2.58 bits per heavy atom. The summed E-state index contributed by atoms with van der Waals surface area (Å²) in [5.41, 5.74) is 6.55. The molecule has 2 N–H and O–H groups in total. The van der Waals surface area contributed by atoms with Gasteiger partial charge in [-0.2, -0.15) is 10.1 Å². The minimum atomic E-state index is -0.600. The largest absolute Gasteiger partial charge is 0.462 e. The molecule has 1 heterocycles. The number of alkyl halides is 1. The molecular weight excluding hydrogens is 314 g/mol. The van der Waals surface area contributed by atoms with Gasteiger partial charge < -0.3 is 10.5 Å². The highest BCUT2D eigenvalue weighted by Crippen LogP contribution is 2.23. The van der Waals surface area contributed by atoms with E-state index in [2.05, 4.69) is 21.0 Å². The number of amides is 1. The summed E-state index contributed by atoms with van der Waals surface area (Å²) in [6.45, 7) is 2.06. The third kappa shape index (κ3) is 2.60. The van der Waals surface area contributed by atoms with E-state index in [1.54, 1.807) is 31.2 Å². The number of ether oxygens (including phenoxy) is 1. The van der Waals surface area contributed by atoms with E-state index in [-0.39, 0.29) is 11.7 Å². The molecule has 1 aromatic carbocycles. The molecule has 2 rings (SSSR count). The molecule has 1 amide bonds. The van der Waals surface area contributed by atoms with Gasteiger partial charge in [0.15, 0.2) is 4.83 Å². The number of hydrogen-bond acceptors (Lipinski definition) is 5. The summed E-state index contributed by atoms with van der Waals surface area (Å²) >= 11 is 3.14. The summed E-state index contributed by atoms with van der Waals surface area (Å²) in [4.78, 5) is 22.7. The van der Waals surface area contributed by atoms with Crippen LogP contribution < -0.4 is 10.7 Å². The molecule has 7 heteroatoms. The van der Waals surface area contributed by atoms with Crippen molar-refractivity contribution < 1.29 is 14.3 Å². The normalized spacial score (nSPS) is 18.4. The monoisotopic (exact) mass is 325 g/mol. The lowest BCUT2D eigenvalue weighted by Gasteiger charge is -2.12. The van der Waals surface area contributed by atoms with E-state index in [1.807, 2.05) is 0 Å². The molecule has 1 aromatic rings. The number of esters is 1. The van der Waals surface area contributed by atoms with Crippen LogP contribution in [0.5, 0.6) is 0 Å². The van der Waals surface area contributed by atoms with Crippen molar-refractivity contribution in [3.63, 3.8) is 0 Å². The Bertz CT molecular complexity index is 542. The van der Waals surface area contributed by atoms with Gasteiger partial charge in [0, 0.05) is 0 Å². The number of hydrazone groups is 1. The van der Waals surface area contributed by atoms with Crippen LogP contribution in [0.4, 0.5) is 5.69 Å². The molecule has 0 aromatic heterocycles. The fourth-order valence-corrected chi connectivity index (χ4v) is 1.87. The second kappa shape index (κ2) is 5.40. The molecule has 0 spiro atoms. The Kier molecular flexibility index (Phi) is 3.84. The number of amidine groups is 1. The van der Waals surface area contributed by atoms with E-state index in [0.717, 1.165) is 0 Å². The van der Waals surface area contributed by atoms with Gasteiger partial charge in [0.25, 0.3) is 5.91 Å². The Morgan fingerprint density at radius 2 is 2.11 bits per heavy atom. The summed E-state index contributed by atoms with van der Waals surface area (Å²) < 4.78 is 4.87. The highest BCUT2D eigenvalue weighted by molar-refractivity contribution is 9.10. The number of carbonyl (C=O) groups excluding carboxylic acids is 2. The van der Waals surface area contributed by atoms with Crippen LogP contribution >= 0.6 is 15.9 Å². The molecule has 0 radical (unpaired) electrons. The fraction of sp³-hybridized carbons (Fsp3) is 0.250. The Hall–Kier alpha value is -1.89. The zero-order valence-electron chi connectivity index (χ0n) is 10.2. The van der Waals surface area contributed by atoms with E-state index in [4.69, 9.17) is 10.5 Å². The molecule has 0 bridgehead atoms. The smallest absolute Gasteiger partial charge is 0.338 e. The van der Waals surface area contributed by atoms with Crippen molar-refractivity contribution in [2.45, 2.75) is 11.8 Å². The molecule has 0 fully saturated rings. The number of hydrogen-bond donors (Lipinski definition) is 1. The third-order valence-corrected chi connectivity index (χ3v) is 3.38. The highest BCUT2D eigenvalue weighted by Gasteiger charge is 2.33. The van der Waals surface area contributed by atoms with Crippen LogP contribution in [0, 0.1) is 0 Å². The lowest BCUT2D eigenvalue weighted by molar-refractivity contribution is -0.116. The van der Waals surface area contributed by atoms with Crippen molar-refractivity contribution >= 4 is 39.3 Å². The van der Waals surface area contributed by atoms with Gasteiger partial charge in [0.2, 0.25) is 0 Å². The fourth-order valence-electron chi connectivity index (χ4n) is 1.59. The SMILES string of the molecule is CCOC(=O)c1ccc(N2N=C(N)[C@H](Br)C2=O)cc1. The quantitative estimate of drug-likeness (QED) is 0.669. The molecule has 1 atom stereocenters. The topological polar surface area (TPSA) is 85.0 Å². The maximum atomic E-state index is 11.8. The Labute approximate surface area is 118 Å². The number of carbonyl (C=O) groups is 2. The predicted octanol–water partition coefficient (Wildman–Crippen LogP) is 1.25. The molecule has 0 saturated heterocycles. The van der Waals surface area contributed by atoms with Crippen LogP contribution in [0.25, 0.3) is 0 Å². The average Bonchev–Trinajstić information content (AvgIpc) is 2.67. The van der Waals surface area contributed by atoms with Crippen LogP contribution in [0.15, 0.2) is 29.4 Å². The lowest BCUT2D eigenvalue weighted by atomic mass is 10.2. The lowest BCUT2D eigenvalue weighted by Crippen LogP contribution is -2.29. The first-order chi connectivity index (χ1) is 9.04. The molecule has 19 heavy (non-hydrogen) atoms. The maximum Gasteiger partial charge on any atom is 0.338 e. The number of benzene rings is 1. The maximum absolute atomic E-state index is 11.8. The summed E-state index contributed by atoms with van der Waals surface area (Å²) in [7, 11) is 0. The molecule has 0 aliphatic carbocycles. The van der Waals surface area contributed by atoms with Crippen LogP contribution in [-0.2, 0) is 9.53 Å². The summed E-state index contributed by atoms with van der Waals surface area (Å²) in [6, 6.07) is 6.39. The van der Waals surface area contributed by atoms with Crippen molar-refractivity contribution in [2.75, 3.05) is 11.6 Å². The first-order valence-electron chi connectivity index (χ1n) is 5.63. The number of nitrogens with zero attached hydrogens (tertiary/aromatic N) is 2. The van der Waals surface area contributed by atoms with Crippen LogP contribution in [0.2, 0.25) is 0 Å². The molecule has 1 aliphatic rings. The summed E-state index contributed by atoms with van der Waals surface area (Å²) in [6.07, 6.45) is 0. The second-order valence-corrected chi connectivity index (χ2v) is 4.72. The standard InChI is InChI=1S/C12H12BrN3O3/c1-2-19-12(18)7-3-5-8(6-4-7)16-11(17)9(13)10(14)15-16/h3-6,9H,2H2,1H3,(H2,14,15)/t9-/m0/s1. The van der Waals surface area contributed by atoms with E-state index >= 15 is 0 Å². The Morgan fingerprint density at radius 1 is 1.47 bits per heavy atom. The number of rotatable bonds is 3. The van der Waals surface area contributed by atoms with Gasteiger partial charge in [-0.1, -0.05) is 15.9 Å². The zero-order chi connectivity index (χ0) is 14.0. The first-order valence-corrected chi connectivity index (χ1v) is 6.55. The van der Waals surface area contributed by atoms with Gasteiger partial charge in [-0.3, -0.25) is 4.79 Å². The molecular formula is C12H12BrN3O3. The third-order valence-electron chi connectivity index (χ3n) is 2.52. The van der Waals surface area contributed by atoms with E-state index in [1.165, 1.54) is 5.01 Å². The van der Waals surface area contributed by atoms with Crippen molar-refractivity contribution in [3.05, 3.63) is 29.8 Å². The number of nitrogens with two attached hydrogens (primary N) is 1. The predicted molar refractivity (Wildman–Crippen MR) is 74.2 cm³/mol.